The molecule has 27 heavy (non-hydrogen) atoms. The molecular formula is C20H27N3O4. The van der Waals surface area contributed by atoms with Gasteiger partial charge in [-0.15, -0.1) is 0 Å². The summed E-state index contributed by atoms with van der Waals surface area (Å²) in [7, 11) is 0. The highest BCUT2D eigenvalue weighted by atomic mass is 16.5. The van der Waals surface area contributed by atoms with E-state index in [1.54, 1.807) is 0 Å². The molecule has 5 atom stereocenters. The van der Waals surface area contributed by atoms with Gasteiger partial charge in [-0.1, -0.05) is 5.16 Å². The second kappa shape index (κ2) is 6.33. The lowest BCUT2D eigenvalue weighted by Crippen LogP contribution is -2.42. The van der Waals surface area contributed by atoms with Crippen molar-refractivity contribution in [3.8, 4) is 0 Å². The van der Waals surface area contributed by atoms with Gasteiger partial charge in [-0.3, -0.25) is 9.59 Å². The molecule has 3 aliphatic carbocycles. The number of aromatic nitrogens is 1. The molecule has 1 saturated heterocycles. The molecule has 1 amide bonds. The van der Waals surface area contributed by atoms with E-state index in [0.29, 0.717) is 24.1 Å². The number of esters is 1. The quantitative estimate of drug-likeness (QED) is 0.761. The van der Waals surface area contributed by atoms with Crippen LogP contribution in [0.25, 0.3) is 0 Å². The SMILES string of the molecule is Cc1cc(CNC(=O)[C@H]2[C@H](C(=O)O[C@@H]3CCNC3)[C@H]3CC[C@@H]2C32CC2)no1. The number of amides is 1. The van der Waals surface area contributed by atoms with E-state index in [-0.39, 0.29) is 35.2 Å². The maximum atomic E-state index is 13.1. The van der Waals surface area contributed by atoms with Crippen molar-refractivity contribution in [3.63, 3.8) is 0 Å². The molecule has 3 saturated carbocycles. The Morgan fingerprint density at radius 2 is 2.07 bits per heavy atom. The van der Waals surface area contributed by atoms with Gasteiger partial charge in [0.1, 0.15) is 17.6 Å². The summed E-state index contributed by atoms with van der Waals surface area (Å²) >= 11 is 0. The zero-order chi connectivity index (χ0) is 18.6. The van der Waals surface area contributed by atoms with Crippen molar-refractivity contribution in [2.45, 2.75) is 51.7 Å². The van der Waals surface area contributed by atoms with Crippen molar-refractivity contribution in [3.05, 3.63) is 17.5 Å². The van der Waals surface area contributed by atoms with Gasteiger partial charge in [0.25, 0.3) is 0 Å². The van der Waals surface area contributed by atoms with Gasteiger partial charge in [-0.05, 0) is 62.8 Å². The van der Waals surface area contributed by atoms with Crippen molar-refractivity contribution in [2.24, 2.45) is 29.1 Å². The van der Waals surface area contributed by atoms with E-state index in [0.717, 1.165) is 51.0 Å². The Balaban J connectivity index is 1.32. The molecule has 0 aromatic carbocycles. The minimum Gasteiger partial charge on any atom is -0.461 e. The Kier molecular flexibility index (Phi) is 4.04. The Bertz CT molecular complexity index is 750. The van der Waals surface area contributed by atoms with Gasteiger partial charge in [-0.2, -0.15) is 0 Å². The number of rotatable bonds is 5. The predicted octanol–water partition coefficient (Wildman–Crippen LogP) is 1.56. The van der Waals surface area contributed by atoms with Crippen molar-refractivity contribution >= 4 is 11.9 Å². The average Bonchev–Trinajstić information content (AvgIpc) is 2.95. The molecule has 4 fully saturated rings. The third-order valence-corrected chi connectivity index (χ3v) is 7.34. The second-order valence-corrected chi connectivity index (χ2v) is 8.77. The first-order valence-electron chi connectivity index (χ1n) is 10.2. The Hall–Kier alpha value is -1.89. The number of nitrogens with zero attached hydrogens (tertiary/aromatic N) is 1. The molecule has 146 valence electrons. The summed E-state index contributed by atoms with van der Waals surface area (Å²) in [6.07, 6.45) is 5.24. The van der Waals surface area contributed by atoms with E-state index >= 15 is 0 Å². The summed E-state index contributed by atoms with van der Waals surface area (Å²) in [6.45, 7) is 3.78. The monoisotopic (exact) mass is 373 g/mol. The number of carbonyl (C=O) groups is 2. The number of hydrogen-bond acceptors (Lipinski definition) is 6. The highest BCUT2D eigenvalue weighted by molar-refractivity contribution is 5.87. The van der Waals surface area contributed by atoms with Gasteiger partial charge in [0, 0.05) is 12.6 Å². The van der Waals surface area contributed by atoms with Crippen LogP contribution < -0.4 is 10.6 Å². The summed E-state index contributed by atoms with van der Waals surface area (Å²) in [5.74, 6) is 0.630. The molecule has 1 aromatic heterocycles. The van der Waals surface area contributed by atoms with Gasteiger partial charge in [0.2, 0.25) is 5.91 Å². The van der Waals surface area contributed by atoms with Crippen LogP contribution in [0, 0.1) is 36.0 Å². The molecule has 4 aliphatic rings. The molecule has 1 aromatic rings. The number of nitrogens with one attached hydrogen (secondary N) is 2. The minimum absolute atomic E-state index is 0.0272. The number of ether oxygens (including phenoxy) is 1. The van der Waals surface area contributed by atoms with Gasteiger partial charge < -0.3 is 19.9 Å². The third kappa shape index (κ3) is 2.78. The lowest BCUT2D eigenvalue weighted by molar-refractivity contribution is -0.159. The Morgan fingerprint density at radius 3 is 2.70 bits per heavy atom. The molecule has 2 bridgehead atoms. The van der Waals surface area contributed by atoms with Crippen molar-refractivity contribution in [1.29, 1.82) is 0 Å². The summed E-state index contributed by atoms with van der Waals surface area (Å²) in [5, 5.41) is 10.2. The van der Waals surface area contributed by atoms with Gasteiger partial charge >= 0.3 is 5.97 Å². The normalized spacial score (nSPS) is 35.5. The molecule has 1 spiro atoms. The van der Waals surface area contributed by atoms with Crippen molar-refractivity contribution in [1.82, 2.24) is 15.8 Å². The molecular weight excluding hydrogens is 346 g/mol. The van der Waals surface area contributed by atoms with Gasteiger partial charge in [0.05, 0.1) is 18.4 Å². The van der Waals surface area contributed by atoms with Crippen LogP contribution in [0.3, 0.4) is 0 Å². The first-order valence-corrected chi connectivity index (χ1v) is 10.2. The smallest absolute Gasteiger partial charge is 0.310 e. The van der Waals surface area contributed by atoms with Gasteiger partial charge in [-0.25, -0.2) is 0 Å². The summed E-state index contributed by atoms with van der Waals surface area (Å²) in [4.78, 5) is 26.1. The van der Waals surface area contributed by atoms with Crippen LogP contribution in [-0.4, -0.2) is 36.2 Å². The van der Waals surface area contributed by atoms with E-state index in [4.69, 9.17) is 9.26 Å². The van der Waals surface area contributed by atoms with E-state index < -0.39 is 0 Å². The molecule has 2 heterocycles. The van der Waals surface area contributed by atoms with Crippen LogP contribution >= 0.6 is 0 Å². The second-order valence-electron chi connectivity index (χ2n) is 8.77. The largest absolute Gasteiger partial charge is 0.461 e. The Labute approximate surface area is 158 Å². The summed E-state index contributed by atoms with van der Waals surface area (Å²) < 4.78 is 10.9. The van der Waals surface area contributed by atoms with E-state index in [1.165, 1.54) is 0 Å². The highest BCUT2D eigenvalue weighted by Gasteiger charge is 2.72. The lowest BCUT2D eigenvalue weighted by atomic mass is 9.78. The van der Waals surface area contributed by atoms with E-state index in [1.807, 2.05) is 13.0 Å². The third-order valence-electron chi connectivity index (χ3n) is 7.34. The number of carbonyl (C=O) groups excluding carboxylic acids is 2. The van der Waals surface area contributed by atoms with Crippen LogP contribution in [0.2, 0.25) is 0 Å². The maximum absolute atomic E-state index is 13.1. The summed E-state index contributed by atoms with van der Waals surface area (Å²) in [5.41, 5.74) is 0.936. The van der Waals surface area contributed by atoms with Crippen LogP contribution in [0.15, 0.2) is 10.6 Å². The first-order chi connectivity index (χ1) is 13.1. The molecule has 2 N–H and O–H groups in total. The van der Waals surface area contributed by atoms with Crippen LogP contribution in [0.4, 0.5) is 0 Å². The number of aryl methyl sites for hydroxylation is 1. The molecule has 0 radical (unpaired) electrons. The van der Waals surface area contributed by atoms with E-state index in [9.17, 15) is 9.59 Å². The van der Waals surface area contributed by atoms with Crippen LogP contribution in [0.1, 0.15) is 43.6 Å². The fourth-order valence-corrected chi connectivity index (χ4v) is 6.09. The number of hydrogen-bond donors (Lipinski definition) is 2. The van der Waals surface area contributed by atoms with E-state index in [2.05, 4.69) is 15.8 Å². The van der Waals surface area contributed by atoms with Crippen molar-refractivity contribution in [2.75, 3.05) is 13.1 Å². The first kappa shape index (κ1) is 17.2. The topological polar surface area (TPSA) is 93.5 Å². The lowest BCUT2D eigenvalue weighted by Gasteiger charge is -2.29. The highest BCUT2D eigenvalue weighted by Crippen LogP contribution is 2.74. The molecule has 7 nitrogen and oxygen atoms in total. The zero-order valence-electron chi connectivity index (χ0n) is 15.7. The average molecular weight is 373 g/mol. The summed E-state index contributed by atoms with van der Waals surface area (Å²) in [6, 6.07) is 1.82. The molecule has 5 rings (SSSR count). The molecule has 7 heteroatoms. The van der Waals surface area contributed by atoms with Crippen LogP contribution in [0.5, 0.6) is 0 Å². The minimum atomic E-state index is -0.286. The Morgan fingerprint density at radius 1 is 1.30 bits per heavy atom. The predicted molar refractivity (Wildman–Crippen MR) is 95.3 cm³/mol. The fraction of sp³-hybridized carbons (Fsp3) is 0.750. The standard InChI is InChI=1S/C20H27N3O4/c1-11-8-12(23-27-11)9-22-18(24)16-14-2-3-15(20(14)5-6-20)17(16)19(25)26-13-4-7-21-10-13/h8,13-17,21H,2-7,9-10H2,1H3,(H,22,24)/t13-,14+,15-,16-,17-/m1/s1. The fourth-order valence-electron chi connectivity index (χ4n) is 6.09. The van der Waals surface area contributed by atoms with Crippen molar-refractivity contribution < 1.29 is 18.8 Å². The maximum Gasteiger partial charge on any atom is 0.310 e. The zero-order valence-corrected chi connectivity index (χ0v) is 15.7. The van der Waals surface area contributed by atoms with Gasteiger partial charge in [0.15, 0.2) is 0 Å². The molecule has 1 aliphatic heterocycles. The molecule has 0 unspecified atom stereocenters. The van der Waals surface area contributed by atoms with Crippen LogP contribution in [-0.2, 0) is 20.9 Å².